The molecule has 5 rings (SSSR count). The van der Waals surface area contributed by atoms with Crippen LogP contribution in [0.5, 0.6) is 0 Å². The van der Waals surface area contributed by atoms with E-state index in [0.29, 0.717) is 6.61 Å². The van der Waals surface area contributed by atoms with Gasteiger partial charge in [0.1, 0.15) is 11.6 Å². The van der Waals surface area contributed by atoms with Crippen LogP contribution in [0.3, 0.4) is 0 Å². The summed E-state index contributed by atoms with van der Waals surface area (Å²) in [7, 11) is 0. The number of aromatic nitrogens is 1. The summed E-state index contributed by atoms with van der Waals surface area (Å²) in [6.45, 7) is 2.91. The molecule has 1 N–H and O–H groups in total. The van der Waals surface area contributed by atoms with Crippen molar-refractivity contribution in [2.45, 2.75) is 62.0 Å². The molecule has 1 unspecified atom stereocenters. The Hall–Kier alpha value is -1.89. The van der Waals surface area contributed by atoms with Crippen LogP contribution in [0.2, 0.25) is 0 Å². The van der Waals surface area contributed by atoms with E-state index in [2.05, 4.69) is 10.3 Å². The zero-order valence-corrected chi connectivity index (χ0v) is 17.8. The van der Waals surface area contributed by atoms with Gasteiger partial charge in [-0.1, -0.05) is 12.1 Å². The Labute approximate surface area is 182 Å². The number of halogens is 2. The summed E-state index contributed by atoms with van der Waals surface area (Å²) >= 11 is 0. The molecule has 1 aromatic carbocycles. The molecule has 3 aliphatic rings. The summed E-state index contributed by atoms with van der Waals surface area (Å²) in [5.41, 5.74) is 2.53. The maximum absolute atomic E-state index is 14.1. The van der Waals surface area contributed by atoms with Gasteiger partial charge in [0.25, 0.3) is 0 Å². The molecule has 1 aliphatic carbocycles. The van der Waals surface area contributed by atoms with Gasteiger partial charge in [0, 0.05) is 37.0 Å². The van der Waals surface area contributed by atoms with Gasteiger partial charge in [-0.25, -0.2) is 8.78 Å². The van der Waals surface area contributed by atoms with E-state index >= 15 is 0 Å². The quantitative estimate of drug-likeness (QED) is 0.755. The Balaban J connectivity index is 1.35. The van der Waals surface area contributed by atoms with Crippen molar-refractivity contribution in [2.24, 2.45) is 0 Å². The highest BCUT2D eigenvalue weighted by Crippen LogP contribution is 2.47. The molecule has 0 radical (unpaired) electrons. The minimum Gasteiger partial charge on any atom is -0.381 e. The van der Waals surface area contributed by atoms with Crippen molar-refractivity contribution in [1.82, 2.24) is 10.3 Å². The molecule has 2 aromatic rings. The standard InChI is InChI=1S/C25H30F2N2O2/c26-18-4-7-23(29-16-18)24(9-15-31-25(17-24)10-13-30-14-11-25)8-12-28-22-6-5-19-20(22)2-1-3-21(19)27/h1-4,7,16,22,28H,5-6,8-15,17H2/t22-,24?/m0/s1. The lowest BCUT2D eigenvalue weighted by molar-refractivity contribution is -0.154. The van der Waals surface area contributed by atoms with Crippen molar-refractivity contribution >= 4 is 0 Å². The average Bonchev–Trinajstić information content (AvgIpc) is 3.19. The third kappa shape index (κ3) is 4.13. The van der Waals surface area contributed by atoms with Crippen molar-refractivity contribution in [3.05, 3.63) is 65.0 Å². The topological polar surface area (TPSA) is 43.4 Å². The highest BCUT2D eigenvalue weighted by Gasteiger charge is 2.48. The number of pyridine rings is 1. The van der Waals surface area contributed by atoms with Crippen LogP contribution >= 0.6 is 0 Å². The molecule has 2 atom stereocenters. The molecule has 0 amide bonds. The SMILES string of the molecule is Fc1ccc(C2(CCN[C@H]3CCc4c(F)cccc43)CCOC3(CCOCC3)C2)nc1. The minimum atomic E-state index is -0.311. The van der Waals surface area contributed by atoms with Crippen molar-refractivity contribution in [3.63, 3.8) is 0 Å². The maximum atomic E-state index is 14.1. The van der Waals surface area contributed by atoms with Crippen LogP contribution in [0.1, 0.15) is 61.4 Å². The fourth-order valence-corrected chi connectivity index (χ4v) is 5.84. The van der Waals surface area contributed by atoms with E-state index in [9.17, 15) is 8.78 Å². The Bertz CT molecular complexity index is 909. The number of rotatable bonds is 5. The van der Waals surface area contributed by atoms with Crippen LogP contribution in [0.25, 0.3) is 0 Å². The number of nitrogens with one attached hydrogen (secondary N) is 1. The van der Waals surface area contributed by atoms with E-state index in [1.54, 1.807) is 12.1 Å². The van der Waals surface area contributed by atoms with Crippen LogP contribution in [0.15, 0.2) is 36.5 Å². The van der Waals surface area contributed by atoms with Crippen molar-refractivity contribution in [2.75, 3.05) is 26.4 Å². The molecule has 2 aliphatic heterocycles. The van der Waals surface area contributed by atoms with E-state index < -0.39 is 0 Å². The second kappa shape index (κ2) is 8.57. The molecule has 31 heavy (non-hydrogen) atoms. The number of benzene rings is 1. The van der Waals surface area contributed by atoms with Gasteiger partial charge in [0.05, 0.1) is 11.8 Å². The van der Waals surface area contributed by atoms with Gasteiger partial charge in [-0.2, -0.15) is 0 Å². The van der Waals surface area contributed by atoms with Gasteiger partial charge in [-0.3, -0.25) is 4.98 Å². The molecule has 0 bridgehead atoms. The van der Waals surface area contributed by atoms with Gasteiger partial charge in [-0.15, -0.1) is 0 Å². The van der Waals surface area contributed by atoms with Crippen LogP contribution in [-0.4, -0.2) is 37.0 Å². The zero-order valence-electron chi connectivity index (χ0n) is 17.8. The van der Waals surface area contributed by atoms with Gasteiger partial charge < -0.3 is 14.8 Å². The minimum absolute atomic E-state index is 0.0975. The van der Waals surface area contributed by atoms with E-state index in [-0.39, 0.29) is 28.7 Å². The number of hydrogen-bond acceptors (Lipinski definition) is 4. The Morgan fingerprint density at radius 3 is 2.74 bits per heavy atom. The monoisotopic (exact) mass is 428 g/mol. The summed E-state index contributed by atoms with van der Waals surface area (Å²) in [6, 6.07) is 8.91. The highest BCUT2D eigenvalue weighted by molar-refractivity contribution is 5.35. The average molecular weight is 429 g/mol. The summed E-state index contributed by atoms with van der Waals surface area (Å²) < 4.78 is 39.6. The molecule has 166 valence electrons. The predicted molar refractivity (Wildman–Crippen MR) is 114 cm³/mol. The number of nitrogens with zero attached hydrogens (tertiary/aromatic N) is 1. The van der Waals surface area contributed by atoms with Gasteiger partial charge in [0.2, 0.25) is 0 Å². The lowest BCUT2D eigenvalue weighted by Crippen LogP contribution is -2.51. The molecule has 3 heterocycles. The highest BCUT2D eigenvalue weighted by atomic mass is 19.1. The zero-order chi connectivity index (χ0) is 21.3. The Kier molecular flexibility index (Phi) is 5.80. The van der Waals surface area contributed by atoms with Crippen molar-refractivity contribution < 1.29 is 18.3 Å². The summed E-state index contributed by atoms with van der Waals surface area (Å²) in [6.07, 6.45) is 7.43. The molecule has 2 saturated heterocycles. The number of fused-ring (bicyclic) bond motifs is 1. The lowest BCUT2D eigenvalue weighted by atomic mass is 9.66. The Morgan fingerprint density at radius 2 is 1.94 bits per heavy atom. The molecule has 1 spiro atoms. The van der Waals surface area contributed by atoms with E-state index in [0.717, 1.165) is 81.5 Å². The summed E-state index contributed by atoms with van der Waals surface area (Å²) in [5, 5.41) is 3.68. The van der Waals surface area contributed by atoms with Gasteiger partial charge >= 0.3 is 0 Å². The lowest BCUT2D eigenvalue weighted by Gasteiger charge is -2.49. The van der Waals surface area contributed by atoms with Crippen molar-refractivity contribution in [3.8, 4) is 0 Å². The normalized spacial score (nSPS) is 27.4. The number of hydrogen-bond donors (Lipinski definition) is 1. The fraction of sp³-hybridized carbons (Fsp3) is 0.560. The first-order valence-electron chi connectivity index (χ1n) is 11.4. The molecule has 4 nitrogen and oxygen atoms in total. The van der Waals surface area contributed by atoms with Crippen LogP contribution in [0, 0.1) is 11.6 Å². The van der Waals surface area contributed by atoms with Crippen molar-refractivity contribution in [1.29, 1.82) is 0 Å². The molecule has 2 fully saturated rings. The van der Waals surface area contributed by atoms with Gasteiger partial charge in [-0.05, 0) is 80.8 Å². The second-order valence-corrected chi connectivity index (χ2v) is 9.32. The largest absolute Gasteiger partial charge is 0.381 e. The fourth-order valence-electron chi connectivity index (χ4n) is 5.84. The first-order chi connectivity index (χ1) is 15.1. The first kappa shape index (κ1) is 21.0. The smallest absolute Gasteiger partial charge is 0.141 e. The molecular weight excluding hydrogens is 398 g/mol. The van der Waals surface area contributed by atoms with Gasteiger partial charge in [0.15, 0.2) is 0 Å². The Morgan fingerprint density at radius 1 is 1.06 bits per heavy atom. The number of ether oxygens (including phenoxy) is 2. The third-order valence-corrected chi connectivity index (χ3v) is 7.53. The van der Waals surface area contributed by atoms with E-state index in [1.165, 1.54) is 12.3 Å². The first-order valence-corrected chi connectivity index (χ1v) is 11.4. The van der Waals surface area contributed by atoms with Crippen LogP contribution in [0.4, 0.5) is 8.78 Å². The van der Waals surface area contributed by atoms with E-state index in [1.807, 2.05) is 12.1 Å². The van der Waals surface area contributed by atoms with Crippen LogP contribution in [-0.2, 0) is 21.3 Å². The van der Waals surface area contributed by atoms with Crippen LogP contribution < -0.4 is 5.32 Å². The maximum Gasteiger partial charge on any atom is 0.141 e. The second-order valence-electron chi connectivity index (χ2n) is 9.32. The molecular formula is C25H30F2N2O2. The summed E-state index contributed by atoms with van der Waals surface area (Å²) in [4.78, 5) is 4.51. The van der Waals surface area contributed by atoms with E-state index in [4.69, 9.17) is 9.47 Å². The predicted octanol–water partition coefficient (Wildman–Crippen LogP) is 4.62. The molecule has 1 aromatic heterocycles. The third-order valence-electron chi connectivity index (χ3n) is 7.53. The summed E-state index contributed by atoms with van der Waals surface area (Å²) in [5.74, 6) is -0.408. The molecule has 6 heteroatoms. The molecule has 0 saturated carbocycles.